The first-order chi connectivity index (χ1) is 9.44. The summed E-state index contributed by atoms with van der Waals surface area (Å²) in [5.74, 6) is 0.661. The highest BCUT2D eigenvalue weighted by Gasteiger charge is 2.32. The summed E-state index contributed by atoms with van der Waals surface area (Å²) in [7, 11) is 0. The number of guanidine groups is 1. The van der Waals surface area contributed by atoms with Gasteiger partial charge < -0.3 is 21.2 Å². The van der Waals surface area contributed by atoms with Crippen molar-refractivity contribution < 1.29 is 5.21 Å². The van der Waals surface area contributed by atoms with Crippen LogP contribution >= 0.6 is 0 Å². The van der Waals surface area contributed by atoms with E-state index >= 15 is 0 Å². The monoisotopic (exact) mass is 274 g/mol. The fourth-order valence-corrected chi connectivity index (χ4v) is 2.14. The van der Waals surface area contributed by atoms with Crippen LogP contribution in [-0.2, 0) is 0 Å². The highest BCUT2D eigenvalue weighted by atomic mass is 16.4. The van der Waals surface area contributed by atoms with E-state index in [4.69, 9.17) is 10.9 Å². The molecule has 2 heterocycles. The van der Waals surface area contributed by atoms with Crippen molar-refractivity contribution in [3.63, 3.8) is 0 Å². The van der Waals surface area contributed by atoms with E-state index in [0.29, 0.717) is 0 Å². The smallest absolute Gasteiger partial charge is 0.232 e. The average molecular weight is 274 g/mol. The van der Waals surface area contributed by atoms with Gasteiger partial charge in [-0.3, -0.25) is 4.99 Å². The quantitative estimate of drug-likeness (QED) is 0.324. The molecular formula is C13H18N6O. The van der Waals surface area contributed by atoms with Gasteiger partial charge in [-0.25, -0.2) is 4.98 Å². The van der Waals surface area contributed by atoms with E-state index in [1.807, 2.05) is 37.8 Å². The van der Waals surface area contributed by atoms with Gasteiger partial charge in [0, 0.05) is 18.1 Å². The van der Waals surface area contributed by atoms with Crippen molar-refractivity contribution >= 4 is 18.0 Å². The van der Waals surface area contributed by atoms with Gasteiger partial charge in [-0.05, 0) is 38.5 Å². The Morgan fingerprint density at radius 3 is 2.85 bits per heavy atom. The number of oxime groups is 1. The number of nitrogens with one attached hydrogen (secondary N) is 1. The molecule has 1 aromatic rings. The summed E-state index contributed by atoms with van der Waals surface area (Å²) in [6.45, 7) is 5.80. The Kier molecular flexibility index (Phi) is 3.60. The predicted octanol–water partition coefficient (Wildman–Crippen LogP) is 1.07. The van der Waals surface area contributed by atoms with Gasteiger partial charge in [-0.2, -0.15) is 0 Å². The van der Waals surface area contributed by atoms with Crippen molar-refractivity contribution in [3.05, 3.63) is 35.8 Å². The van der Waals surface area contributed by atoms with Crippen molar-refractivity contribution in [1.29, 1.82) is 0 Å². The highest BCUT2D eigenvalue weighted by molar-refractivity contribution is 5.87. The van der Waals surface area contributed by atoms with Crippen molar-refractivity contribution in [3.8, 4) is 0 Å². The van der Waals surface area contributed by atoms with Gasteiger partial charge in [-0.15, -0.1) is 0 Å². The first kappa shape index (κ1) is 13.9. The molecule has 0 spiro atoms. The third-order valence-corrected chi connectivity index (χ3v) is 2.95. The van der Waals surface area contributed by atoms with Crippen molar-refractivity contribution in [1.82, 2.24) is 10.3 Å². The summed E-state index contributed by atoms with van der Waals surface area (Å²) in [4.78, 5) is 10.5. The van der Waals surface area contributed by atoms with Crippen molar-refractivity contribution in [2.45, 2.75) is 26.4 Å². The molecule has 20 heavy (non-hydrogen) atoms. The third kappa shape index (κ3) is 2.71. The van der Waals surface area contributed by atoms with E-state index in [-0.39, 0.29) is 5.96 Å². The van der Waals surface area contributed by atoms with Gasteiger partial charge in [0.15, 0.2) is 5.66 Å². The summed E-state index contributed by atoms with van der Waals surface area (Å²) in [5, 5.41) is 14.6. The number of anilines is 1. The lowest BCUT2D eigenvalue weighted by molar-refractivity contribution is 0.313. The molecule has 1 aliphatic heterocycles. The minimum Gasteiger partial charge on any atom is -0.408 e. The van der Waals surface area contributed by atoms with E-state index in [1.165, 1.54) is 0 Å². The van der Waals surface area contributed by atoms with Crippen LogP contribution in [0.3, 0.4) is 0 Å². The Bertz CT molecular complexity index is 574. The summed E-state index contributed by atoms with van der Waals surface area (Å²) in [6, 6.07) is 3.96. The summed E-state index contributed by atoms with van der Waals surface area (Å²) >= 11 is 0. The predicted molar refractivity (Wildman–Crippen MR) is 78.8 cm³/mol. The van der Waals surface area contributed by atoms with Gasteiger partial charge in [0.2, 0.25) is 5.96 Å². The molecule has 1 unspecified atom stereocenters. The number of aryl methyl sites for hydroxylation is 2. The van der Waals surface area contributed by atoms with E-state index in [1.54, 1.807) is 18.6 Å². The minimum absolute atomic E-state index is 0.0939. The van der Waals surface area contributed by atoms with Crippen LogP contribution < -0.4 is 16.0 Å². The van der Waals surface area contributed by atoms with Crippen LogP contribution in [0, 0.1) is 13.8 Å². The Morgan fingerprint density at radius 2 is 2.20 bits per heavy atom. The molecule has 7 nitrogen and oxygen atoms in total. The number of aliphatic imine (C=N–C) groups is 1. The van der Waals surface area contributed by atoms with Gasteiger partial charge in [0.05, 0.1) is 6.21 Å². The molecule has 106 valence electrons. The standard InChI is InChI=1S/C13H18N6O/c1-9-6-10(2)16-11(7-9)19-5-4-15-8-13(19,3)17-12(14)18-20/h4-8,20H,1-3H3,(H3,14,17,18). The summed E-state index contributed by atoms with van der Waals surface area (Å²) < 4.78 is 0. The maximum Gasteiger partial charge on any atom is 0.232 e. The van der Waals surface area contributed by atoms with E-state index < -0.39 is 5.66 Å². The molecule has 0 aliphatic carbocycles. The molecule has 2 rings (SSSR count). The normalized spacial score (nSPS) is 22.1. The van der Waals surface area contributed by atoms with Crippen LogP contribution in [0.25, 0.3) is 0 Å². The van der Waals surface area contributed by atoms with E-state index in [2.05, 4.69) is 20.4 Å². The molecule has 0 amide bonds. The molecule has 0 saturated carbocycles. The third-order valence-electron chi connectivity index (χ3n) is 2.95. The second kappa shape index (κ2) is 5.20. The van der Waals surface area contributed by atoms with Crippen LogP contribution in [0.1, 0.15) is 18.2 Å². The number of rotatable bonds is 2. The first-order valence-corrected chi connectivity index (χ1v) is 6.16. The number of nitrogens with two attached hydrogens (primary N) is 1. The van der Waals surface area contributed by atoms with E-state index in [9.17, 15) is 0 Å². The largest absolute Gasteiger partial charge is 0.408 e. The van der Waals surface area contributed by atoms with Gasteiger partial charge in [-0.1, -0.05) is 5.16 Å². The Balaban J connectivity index is 2.41. The first-order valence-electron chi connectivity index (χ1n) is 6.16. The number of pyridine rings is 1. The molecule has 1 aliphatic rings. The zero-order valence-corrected chi connectivity index (χ0v) is 11.7. The molecule has 0 bridgehead atoms. The fraction of sp³-hybridized carbons (Fsp3) is 0.308. The average Bonchev–Trinajstić information content (AvgIpc) is 2.37. The van der Waals surface area contributed by atoms with Gasteiger partial charge in [0.25, 0.3) is 0 Å². The Hall–Kier alpha value is -2.57. The number of nitrogens with zero attached hydrogens (tertiary/aromatic N) is 4. The van der Waals surface area contributed by atoms with Crippen molar-refractivity contribution in [2.75, 3.05) is 4.90 Å². The lowest BCUT2D eigenvalue weighted by Crippen LogP contribution is -2.61. The van der Waals surface area contributed by atoms with E-state index in [0.717, 1.165) is 17.1 Å². The molecule has 0 radical (unpaired) electrons. The molecule has 1 atom stereocenters. The van der Waals surface area contributed by atoms with Crippen LogP contribution in [-0.4, -0.2) is 28.0 Å². The van der Waals surface area contributed by atoms with Crippen LogP contribution in [0.5, 0.6) is 0 Å². The summed E-state index contributed by atoms with van der Waals surface area (Å²) in [6.07, 6.45) is 5.12. The zero-order chi connectivity index (χ0) is 14.8. The maximum atomic E-state index is 8.73. The number of hydrogen-bond donors (Lipinski definition) is 3. The molecule has 0 aromatic carbocycles. The second-order valence-electron chi connectivity index (χ2n) is 4.85. The maximum absolute atomic E-state index is 8.73. The SMILES string of the molecule is Cc1cc(C)nc(N2C=CN=CC2(C)NC(N)=NO)c1. The number of aromatic nitrogens is 1. The summed E-state index contributed by atoms with van der Waals surface area (Å²) in [5.41, 5.74) is 6.80. The fourth-order valence-electron chi connectivity index (χ4n) is 2.14. The van der Waals surface area contributed by atoms with Gasteiger partial charge in [0.1, 0.15) is 5.82 Å². The number of hydrogen-bond acceptors (Lipinski definition) is 5. The van der Waals surface area contributed by atoms with Gasteiger partial charge >= 0.3 is 0 Å². The minimum atomic E-state index is -0.766. The molecule has 0 fully saturated rings. The molecule has 7 heteroatoms. The second-order valence-corrected chi connectivity index (χ2v) is 4.85. The van der Waals surface area contributed by atoms with Crippen LogP contribution in [0.2, 0.25) is 0 Å². The van der Waals surface area contributed by atoms with Crippen molar-refractivity contribution in [2.24, 2.45) is 15.9 Å². The molecule has 0 saturated heterocycles. The molecule has 1 aromatic heterocycles. The highest BCUT2D eigenvalue weighted by Crippen LogP contribution is 2.23. The van der Waals surface area contributed by atoms with Crippen LogP contribution in [0.4, 0.5) is 5.82 Å². The topological polar surface area (TPSA) is 99.1 Å². The van der Waals surface area contributed by atoms with Crippen LogP contribution in [0.15, 0.2) is 34.7 Å². The lowest BCUT2D eigenvalue weighted by Gasteiger charge is -2.39. The Morgan fingerprint density at radius 1 is 1.45 bits per heavy atom. The Labute approximate surface area is 117 Å². The lowest BCUT2D eigenvalue weighted by atomic mass is 10.1. The molecule has 4 N–H and O–H groups in total. The molecular weight excluding hydrogens is 256 g/mol. The zero-order valence-electron chi connectivity index (χ0n) is 11.7.